The number of aromatic nitrogens is 1. The number of esters is 1. The minimum atomic E-state index is -0.814. The van der Waals surface area contributed by atoms with E-state index in [-0.39, 0.29) is 18.2 Å². The highest BCUT2D eigenvalue weighted by Crippen LogP contribution is 2.22. The Kier molecular flexibility index (Phi) is 6.76. The van der Waals surface area contributed by atoms with E-state index in [2.05, 4.69) is 10.3 Å². The first-order valence-corrected chi connectivity index (χ1v) is 10.2. The summed E-state index contributed by atoms with van der Waals surface area (Å²) in [5.41, 5.74) is 2.10. The van der Waals surface area contributed by atoms with Gasteiger partial charge in [0.15, 0.2) is 6.10 Å². The third-order valence-corrected chi connectivity index (χ3v) is 5.61. The number of aryl methyl sites for hydroxylation is 1. The monoisotopic (exact) mass is 396 g/mol. The molecule has 2 aromatic carbocycles. The van der Waals surface area contributed by atoms with Crippen molar-refractivity contribution < 1.29 is 14.3 Å². The van der Waals surface area contributed by atoms with Crippen LogP contribution in [-0.2, 0) is 20.7 Å². The first-order valence-electron chi connectivity index (χ1n) is 9.39. The molecule has 0 spiro atoms. The zero-order valence-electron chi connectivity index (χ0n) is 16.1. The van der Waals surface area contributed by atoms with Gasteiger partial charge in [0, 0.05) is 13.0 Å². The molecule has 1 aromatic heterocycles. The van der Waals surface area contributed by atoms with Crippen LogP contribution >= 0.6 is 11.3 Å². The summed E-state index contributed by atoms with van der Waals surface area (Å²) in [7, 11) is 0. The highest BCUT2D eigenvalue weighted by atomic mass is 32.1. The summed E-state index contributed by atoms with van der Waals surface area (Å²) in [6, 6.07) is 17.9. The first kappa shape index (κ1) is 20.0. The maximum Gasteiger partial charge on any atom is 0.306 e. The van der Waals surface area contributed by atoms with Gasteiger partial charge in [-0.25, -0.2) is 4.98 Å². The molecule has 146 valence electrons. The zero-order valence-corrected chi connectivity index (χ0v) is 16.9. The van der Waals surface area contributed by atoms with Gasteiger partial charge in [-0.15, -0.1) is 11.3 Å². The molecule has 0 saturated carbocycles. The molecule has 28 heavy (non-hydrogen) atoms. The summed E-state index contributed by atoms with van der Waals surface area (Å²) in [6.45, 7) is 4.14. The van der Waals surface area contributed by atoms with Gasteiger partial charge in [0.1, 0.15) is 0 Å². The Morgan fingerprint density at radius 1 is 1.07 bits per heavy atom. The van der Waals surface area contributed by atoms with Gasteiger partial charge in [-0.2, -0.15) is 0 Å². The van der Waals surface area contributed by atoms with Gasteiger partial charge in [-0.1, -0.05) is 49.4 Å². The van der Waals surface area contributed by atoms with Crippen molar-refractivity contribution in [2.45, 2.75) is 38.7 Å². The number of ether oxygens (including phenoxy) is 1. The summed E-state index contributed by atoms with van der Waals surface area (Å²) in [5.74, 6) is -0.485. The normalized spacial score (nSPS) is 13.1. The molecule has 2 atom stereocenters. The molecule has 0 aliphatic heterocycles. The average Bonchev–Trinajstić information content (AvgIpc) is 3.14. The van der Waals surface area contributed by atoms with Crippen molar-refractivity contribution in [3.05, 3.63) is 65.2 Å². The van der Waals surface area contributed by atoms with Crippen LogP contribution < -0.4 is 5.32 Å². The summed E-state index contributed by atoms with van der Waals surface area (Å²) in [6.07, 6.45) is -0.0964. The van der Waals surface area contributed by atoms with E-state index in [4.69, 9.17) is 4.74 Å². The molecular weight excluding hydrogens is 372 g/mol. The van der Waals surface area contributed by atoms with Crippen molar-refractivity contribution in [3.63, 3.8) is 0 Å². The number of nitrogens with zero attached hydrogens (tertiary/aromatic N) is 1. The Morgan fingerprint density at radius 3 is 2.54 bits per heavy atom. The fourth-order valence-electron chi connectivity index (χ4n) is 2.84. The van der Waals surface area contributed by atoms with Gasteiger partial charge < -0.3 is 10.1 Å². The predicted octanol–water partition coefficient (Wildman–Crippen LogP) is 4.08. The van der Waals surface area contributed by atoms with Crippen molar-refractivity contribution >= 4 is 33.4 Å². The minimum Gasteiger partial charge on any atom is -0.453 e. The number of hydrogen-bond donors (Lipinski definition) is 1. The van der Waals surface area contributed by atoms with E-state index >= 15 is 0 Å². The Hall–Kier alpha value is -2.73. The van der Waals surface area contributed by atoms with Crippen molar-refractivity contribution in [2.24, 2.45) is 0 Å². The van der Waals surface area contributed by atoms with Gasteiger partial charge in [0.25, 0.3) is 5.91 Å². The number of thiazole rings is 1. The third kappa shape index (κ3) is 5.39. The molecule has 0 unspecified atom stereocenters. The SMILES string of the molecule is C[C@H](OC(=O)CCc1nc2ccccc2s1)C(=O)NC[C@H](C)c1ccccc1. The van der Waals surface area contributed by atoms with Crippen LogP contribution in [0.25, 0.3) is 10.2 Å². The Bertz CT molecular complexity index is 906. The summed E-state index contributed by atoms with van der Waals surface area (Å²) >= 11 is 1.58. The van der Waals surface area contributed by atoms with Gasteiger partial charge in [0.2, 0.25) is 0 Å². The van der Waals surface area contributed by atoms with Crippen LogP contribution in [-0.4, -0.2) is 29.5 Å². The first-order chi connectivity index (χ1) is 13.5. The number of para-hydroxylation sites is 1. The number of hydrogen-bond acceptors (Lipinski definition) is 5. The maximum atomic E-state index is 12.2. The van der Waals surface area contributed by atoms with Crippen LogP contribution in [0.1, 0.15) is 36.8 Å². The van der Waals surface area contributed by atoms with Crippen molar-refractivity contribution in [2.75, 3.05) is 6.54 Å². The molecule has 1 N–H and O–H groups in total. The molecule has 6 heteroatoms. The van der Waals surface area contributed by atoms with Crippen LogP contribution in [0.15, 0.2) is 54.6 Å². The van der Waals surface area contributed by atoms with E-state index in [0.29, 0.717) is 13.0 Å². The molecular formula is C22H24N2O3S. The molecule has 0 saturated heterocycles. The highest BCUT2D eigenvalue weighted by Gasteiger charge is 2.19. The third-order valence-electron chi connectivity index (χ3n) is 4.51. The smallest absolute Gasteiger partial charge is 0.306 e. The topological polar surface area (TPSA) is 68.3 Å². The van der Waals surface area contributed by atoms with Crippen molar-refractivity contribution in [3.8, 4) is 0 Å². The largest absolute Gasteiger partial charge is 0.453 e. The lowest BCUT2D eigenvalue weighted by Gasteiger charge is -2.16. The fourth-order valence-corrected chi connectivity index (χ4v) is 3.81. The van der Waals surface area contributed by atoms with Crippen LogP contribution in [0, 0.1) is 0 Å². The average molecular weight is 397 g/mol. The van der Waals surface area contributed by atoms with Gasteiger partial charge in [-0.05, 0) is 30.5 Å². The Morgan fingerprint density at radius 2 is 1.79 bits per heavy atom. The van der Waals surface area contributed by atoms with E-state index in [1.54, 1.807) is 18.3 Å². The molecule has 1 amide bonds. The second-order valence-corrected chi connectivity index (χ2v) is 7.88. The second kappa shape index (κ2) is 9.46. The molecule has 3 aromatic rings. The maximum absolute atomic E-state index is 12.2. The lowest BCUT2D eigenvalue weighted by atomic mass is 10.0. The fraction of sp³-hybridized carbons (Fsp3) is 0.318. The van der Waals surface area contributed by atoms with Crippen LogP contribution in [0.5, 0.6) is 0 Å². The molecule has 0 radical (unpaired) electrons. The molecule has 5 nitrogen and oxygen atoms in total. The summed E-state index contributed by atoms with van der Waals surface area (Å²) in [4.78, 5) is 28.8. The van der Waals surface area contributed by atoms with Crippen molar-refractivity contribution in [1.29, 1.82) is 0 Å². The van der Waals surface area contributed by atoms with Gasteiger partial charge in [0.05, 0.1) is 21.6 Å². The lowest BCUT2D eigenvalue weighted by Crippen LogP contribution is -2.37. The van der Waals surface area contributed by atoms with Gasteiger partial charge >= 0.3 is 5.97 Å². The van der Waals surface area contributed by atoms with Crippen LogP contribution in [0.2, 0.25) is 0 Å². The standard InChI is InChI=1S/C22H24N2O3S/c1-15(17-8-4-3-5-9-17)14-23-22(26)16(2)27-21(25)13-12-20-24-18-10-6-7-11-19(18)28-20/h3-11,15-16H,12-14H2,1-2H3,(H,23,26)/t15-,16-/m0/s1. The van der Waals surface area contributed by atoms with Crippen molar-refractivity contribution in [1.82, 2.24) is 10.3 Å². The molecule has 1 heterocycles. The predicted molar refractivity (Wildman–Crippen MR) is 111 cm³/mol. The van der Waals surface area contributed by atoms with E-state index in [9.17, 15) is 9.59 Å². The zero-order chi connectivity index (χ0) is 19.9. The lowest BCUT2D eigenvalue weighted by molar-refractivity contribution is -0.154. The quantitative estimate of drug-likeness (QED) is 0.583. The minimum absolute atomic E-state index is 0.187. The number of rotatable bonds is 8. The highest BCUT2D eigenvalue weighted by molar-refractivity contribution is 7.18. The number of benzene rings is 2. The summed E-state index contributed by atoms with van der Waals surface area (Å²) < 4.78 is 6.37. The van der Waals surface area contributed by atoms with E-state index in [1.165, 1.54) is 0 Å². The van der Waals surface area contributed by atoms with E-state index < -0.39 is 12.1 Å². The molecule has 0 aliphatic carbocycles. The number of carbonyl (C=O) groups excluding carboxylic acids is 2. The van der Waals surface area contributed by atoms with Crippen LogP contribution in [0.3, 0.4) is 0 Å². The van der Waals surface area contributed by atoms with Gasteiger partial charge in [-0.3, -0.25) is 9.59 Å². The number of amides is 1. The molecule has 0 bridgehead atoms. The molecule has 0 fully saturated rings. The number of fused-ring (bicyclic) bond motifs is 1. The Balaban J connectivity index is 1.42. The Labute approximate surface area is 168 Å². The molecule has 3 rings (SSSR count). The second-order valence-electron chi connectivity index (χ2n) is 6.76. The summed E-state index contributed by atoms with van der Waals surface area (Å²) in [5, 5.41) is 3.75. The van der Waals surface area contributed by atoms with Crippen LogP contribution in [0.4, 0.5) is 0 Å². The van der Waals surface area contributed by atoms with E-state index in [0.717, 1.165) is 20.8 Å². The number of nitrogens with one attached hydrogen (secondary N) is 1. The molecule has 0 aliphatic rings. The van der Waals surface area contributed by atoms with E-state index in [1.807, 2.05) is 61.5 Å². The number of carbonyl (C=O) groups is 2.